The molecule has 1 fully saturated rings. The van der Waals surface area contributed by atoms with Crippen LogP contribution >= 0.6 is 0 Å². The molecule has 42 heavy (non-hydrogen) atoms. The number of aliphatic hydroxyl groups is 1. The van der Waals surface area contributed by atoms with E-state index in [9.17, 15) is 9.90 Å². The highest BCUT2D eigenvalue weighted by atomic mass is 16.5. The molecule has 0 aromatic heterocycles. The van der Waals surface area contributed by atoms with Crippen molar-refractivity contribution < 1.29 is 14.6 Å². The maximum absolute atomic E-state index is 11.6. The van der Waals surface area contributed by atoms with Crippen LogP contribution in [0.1, 0.15) is 93.4 Å². The number of carbonyl (C=O) groups excluding carboxylic acids is 1. The molecule has 3 aromatic rings. The van der Waals surface area contributed by atoms with Crippen LogP contribution in [0.4, 0.5) is 0 Å². The lowest BCUT2D eigenvalue weighted by Crippen LogP contribution is -2.19. The first-order chi connectivity index (χ1) is 20.4. The van der Waals surface area contributed by atoms with Crippen LogP contribution < -0.4 is 0 Å². The minimum Gasteiger partial charge on any atom is -0.462 e. The SMILES string of the molecule is C=C(C)C(=O)OCC(CO)Cc1ccc(CCC2CCC(c3ccc(-c4ccc(CCCCC)cc4)cc3)CC2)cc1. The van der Waals surface area contributed by atoms with Gasteiger partial charge in [0, 0.05) is 18.1 Å². The Morgan fingerprint density at radius 2 is 1.40 bits per heavy atom. The van der Waals surface area contributed by atoms with Crippen LogP contribution in [0.5, 0.6) is 0 Å². The van der Waals surface area contributed by atoms with E-state index in [1.165, 1.54) is 85.6 Å². The second kappa shape index (κ2) is 16.5. The number of ether oxygens (including phenoxy) is 1. The molecule has 3 nitrogen and oxygen atoms in total. The summed E-state index contributed by atoms with van der Waals surface area (Å²) in [6, 6.07) is 27.3. The summed E-state index contributed by atoms with van der Waals surface area (Å²) in [6.07, 6.45) is 13.3. The van der Waals surface area contributed by atoms with Crippen molar-refractivity contribution in [1.82, 2.24) is 0 Å². The van der Waals surface area contributed by atoms with Gasteiger partial charge in [0.2, 0.25) is 0 Å². The van der Waals surface area contributed by atoms with Gasteiger partial charge in [-0.15, -0.1) is 0 Å². The second-order valence-corrected chi connectivity index (χ2v) is 12.5. The summed E-state index contributed by atoms with van der Waals surface area (Å²) < 4.78 is 5.24. The standard InChI is InChI=1S/C39H50O3/c1-4-5-6-7-30-14-18-35(19-15-30)37-22-24-38(25-23-37)36-20-16-32(17-21-36)9-8-31-10-12-33(13-11-31)26-34(27-40)28-42-39(41)29(2)3/h10-15,18-19,22-25,32,34,36,40H,2,4-9,16-17,20-21,26-28H2,1,3H3. The average molecular weight is 567 g/mol. The van der Waals surface area contributed by atoms with Crippen molar-refractivity contribution in [3.8, 4) is 11.1 Å². The molecule has 0 spiro atoms. The molecule has 0 saturated heterocycles. The zero-order valence-corrected chi connectivity index (χ0v) is 25.8. The van der Waals surface area contributed by atoms with Crippen LogP contribution in [-0.4, -0.2) is 24.3 Å². The number of benzene rings is 3. The number of aryl methyl sites for hydroxylation is 2. The summed E-state index contributed by atoms with van der Waals surface area (Å²) in [5.41, 5.74) is 8.50. The van der Waals surface area contributed by atoms with E-state index in [0.717, 1.165) is 17.9 Å². The number of carbonyl (C=O) groups is 1. The zero-order chi connectivity index (χ0) is 29.7. The van der Waals surface area contributed by atoms with Gasteiger partial charge >= 0.3 is 5.97 Å². The predicted molar refractivity (Wildman–Crippen MR) is 175 cm³/mol. The number of aliphatic hydroxyl groups excluding tert-OH is 1. The Hall–Kier alpha value is -3.17. The molecule has 0 amide bonds. The number of rotatable bonds is 15. The summed E-state index contributed by atoms with van der Waals surface area (Å²) in [5.74, 6) is 0.991. The van der Waals surface area contributed by atoms with Crippen LogP contribution in [0.2, 0.25) is 0 Å². The topological polar surface area (TPSA) is 46.5 Å². The minimum atomic E-state index is -0.398. The van der Waals surface area contributed by atoms with E-state index < -0.39 is 5.97 Å². The van der Waals surface area contributed by atoms with Crippen LogP contribution in [0.15, 0.2) is 84.9 Å². The van der Waals surface area contributed by atoms with Crippen molar-refractivity contribution in [2.24, 2.45) is 11.8 Å². The van der Waals surface area contributed by atoms with Gasteiger partial charge in [0.15, 0.2) is 0 Å². The predicted octanol–water partition coefficient (Wildman–Crippen LogP) is 9.26. The Morgan fingerprint density at radius 1 is 0.833 bits per heavy atom. The van der Waals surface area contributed by atoms with Crippen molar-refractivity contribution in [1.29, 1.82) is 0 Å². The Balaban J connectivity index is 1.18. The molecular weight excluding hydrogens is 516 g/mol. The Bertz CT molecular complexity index is 1230. The molecule has 1 aliphatic carbocycles. The maximum Gasteiger partial charge on any atom is 0.333 e. The third kappa shape index (κ3) is 9.70. The summed E-state index contributed by atoms with van der Waals surface area (Å²) in [6.45, 7) is 7.70. The molecule has 1 saturated carbocycles. The van der Waals surface area contributed by atoms with Crippen LogP contribution in [-0.2, 0) is 28.8 Å². The smallest absolute Gasteiger partial charge is 0.333 e. The lowest BCUT2D eigenvalue weighted by atomic mass is 9.76. The van der Waals surface area contributed by atoms with Crippen molar-refractivity contribution in [3.63, 3.8) is 0 Å². The van der Waals surface area contributed by atoms with Gasteiger partial charge in [-0.25, -0.2) is 4.79 Å². The van der Waals surface area contributed by atoms with E-state index in [-0.39, 0.29) is 19.1 Å². The average Bonchev–Trinajstić information content (AvgIpc) is 3.03. The van der Waals surface area contributed by atoms with Gasteiger partial charge in [0.05, 0.1) is 6.61 Å². The van der Waals surface area contributed by atoms with E-state index >= 15 is 0 Å². The molecule has 224 valence electrons. The molecule has 3 heteroatoms. The van der Waals surface area contributed by atoms with E-state index in [1.807, 2.05) is 0 Å². The zero-order valence-electron chi connectivity index (χ0n) is 25.8. The molecule has 3 aromatic carbocycles. The molecule has 1 atom stereocenters. The lowest BCUT2D eigenvalue weighted by molar-refractivity contribution is -0.140. The first-order valence-electron chi connectivity index (χ1n) is 16.2. The third-order valence-electron chi connectivity index (χ3n) is 9.03. The third-order valence-corrected chi connectivity index (χ3v) is 9.03. The molecule has 1 N–H and O–H groups in total. The van der Waals surface area contributed by atoms with E-state index in [1.54, 1.807) is 6.92 Å². The number of unbranched alkanes of at least 4 members (excludes halogenated alkanes) is 2. The van der Waals surface area contributed by atoms with E-state index in [0.29, 0.717) is 17.9 Å². The van der Waals surface area contributed by atoms with Crippen molar-refractivity contribution in [3.05, 3.63) is 107 Å². The van der Waals surface area contributed by atoms with Crippen molar-refractivity contribution in [2.45, 2.75) is 90.4 Å². The number of hydrogen-bond acceptors (Lipinski definition) is 3. The Labute approximate surface area is 254 Å². The quantitative estimate of drug-likeness (QED) is 0.113. The molecule has 0 heterocycles. The first-order valence-corrected chi connectivity index (χ1v) is 16.2. The monoisotopic (exact) mass is 566 g/mol. The molecule has 0 bridgehead atoms. The molecular formula is C39H50O3. The van der Waals surface area contributed by atoms with Crippen LogP contribution in [0.3, 0.4) is 0 Å². The van der Waals surface area contributed by atoms with Gasteiger partial charge < -0.3 is 9.84 Å². The molecule has 0 aliphatic heterocycles. The number of hydrogen-bond donors (Lipinski definition) is 1. The largest absolute Gasteiger partial charge is 0.462 e. The van der Waals surface area contributed by atoms with Gasteiger partial charge in [-0.3, -0.25) is 0 Å². The summed E-state index contributed by atoms with van der Waals surface area (Å²) in [7, 11) is 0. The molecule has 1 unspecified atom stereocenters. The fraction of sp³-hybridized carbons (Fsp3) is 0.462. The van der Waals surface area contributed by atoms with Gasteiger partial charge in [-0.1, -0.05) is 99.1 Å². The van der Waals surface area contributed by atoms with E-state index in [4.69, 9.17) is 4.74 Å². The summed E-state index contributed by atoms with van der Waals surface area (Å²) in [5, 5.41) is 9.70. The fourth-order valence-corrected chi connectivity index (χ4v) is 6.21. The highest BCUT2D eigenvalue weighted by molar-refractivity contribution is 5.86. The highest BCUT2D eigenvalue weighted by Crippen LogP contribution is 2.38. The normalized spacial score (nSPS) is 17.5. The first kappa shape index (κ1) is 31.8. The maximum atomic E-state index is 11.6. The highest BCUT2D eigenvalue weighted by Gasteiger charge is 2.22. The molecule has 4 rings (SSSR count). The second-order valence-electron chi connectivity index (χ2n) is 12.5. The Morgan fingerprint density at radius 3 is 2.00 bits per heavy atom. The lowest BCUT2D eigenvalue weighted by Gasteiger charge is -2.29. The summed E-state index contributed by atoms with van der Waals surface area (Å²) in [4.78, 5) is 11.6. The molecule has 0 radical (unpaired) electrons. The fourth-order valence-electron chi connectivity index (χ4n) is 6.21. The van der Waals surface area contributed by atoms with Gasteiger partial charge in [-0.05, 0) is 110 Å². The molecule has 1 aliphatic rings. The Kier molecular flexibility index (Phi) is 12.4. The van der Waals surface area contributed by atoms with Crippen LogP contribution in [0, 0.1) is 11.8 Å². The van der Waals surface area contributed by atoms with Gasteiger partial charge in [0.1, 0.15) is 0 Å². The van der Waals surface area contributed by atoms with Gasteiger partial charge in [-0.2, -0.15) is 0 Å². The van der Waals surface area contributed by atoms with Crippen LogP contribution in [0.25, 0.3) is 11.1 Å². The van der Waals surface area contributed by atoms with Gasteiger partial charge in [0.25, 0.3) is 0 Å². The summed E-state index contributed by atoms with van der Waals surface area (Å²) >= 11 is 0. The number of esters is 1. The van der Waals surface area contributed by atoms with Crippen molar-refractivity contribution >= 4 is 5.97 Å². The van der Waals surface area contributed by atoms with E-state index in [2.05, 4.69) is 86.3 Å². The van der Waals surface area contributed by atoms with Crippen molar-refractivity contribution in [2.75, 3.05) is 13.2 Å². The minimum absolute atomic E-state index is 0.00885.